The topological polar surface area (TPSA) is 35.2 Å². The molecular formula is C11H13ClFNO. The van der Waals surface area contributed by atoms with Crippen molar-refractivity contribution in [3.63, 3.8) is 0 Å². The molecule has 1 aliphatic rings. The Hall–Kier alpha value is -0.800. The van der Waals surface area contributed by atoms with Gasteiger partial charge in [0.1, 0.15) is 0 Å². The first-order chi connectivity index (χ1) is 7.22. The fourth-order valence-electron chi connectivity index (χ4n) is 2.00. The molecule has 2 N–H and O–H groups in total. The molecule has 1 aliphatic heterocycles. The Kier molecular flexibility index (Phi) is 3.12. The summed E-state index contributed by atoms with van der Waals surface area (Å²) in [4.78, 5) is 0. The zero-order chi connectivity index (χ0) is 10.8. The predicted molar refractivity (Wildman–Crippen MR) is 57.9 cm³/mol. The van der Waals surface area contributed by atoms with Crippen LogP contribution in [0.4, 0.5) is 4.39 Å². The number of ether oxygens (including phenoxy) is 1. The molecule has 15 heavy (non-hydrogen) atoms. The van der Waals surface area contributed by atoms with Gasteiger partial charge in [-0.05, 0) is 37.4 Å². The number of halogens is 2. The third-order valence-corrected chi connectivity index (χ3v) is 2.92. The molecule has 0 aromatic heterocycles. The summed E-state index contributed by atoms with van der Waals surface area (Å²) >= 11 is 5.82. The Morgan fingerprint density at radius 2 is 2.33 bits per heavy atom. The molecule has 0 amide bonds. The van der Waals surface area contributed by atoms with Crippen molar-refractivity contribution in [2.24, 2.45) is 5.73 Å². The molecular weight excluding hydrogens is 217 g/mol. The summed E-state index contributed by atoms with van der Waals surface area (Å²) in [6.07, 6.45) is 1.72. The summed E-state index contributed by atoms with van der Waals surface area (Å²) in [6, 6.07) is 3.06. The molecule has 4 heteroatoms. The van der Waals surface area contributed by atoms with Gasteiger partial charge in [-0.15, -0.1) is 0 Å². The molecule has 0 saturated carbocycles. The van der Waals surface area contributed by atoms with Crippen molar-refractivity contribution in [1.29, 1.82) is 0 Å². The van der Waals surface area contributed by atoms with Crippen molar-refractivity contribution >= 4 is 11.6 Å². The van der Waals surface area contributed by atoms with Gasteiger partial charge in [0.2, 0.25) is 0 Å². The molecule has 82 valence electrons. The first kappa shape index (κ1) is 10.7. The molecule has 0 radical (unpaired) electrons. The third kappa shape index (κ3) is 2.08. The largest absolute Gasteiger partial charge is 0.490 e. The summed E-state index contributed by atoms with van der Waals surface area (Å²) in [5.41, 5.74) is 6.38. The van der Waals surface area contributed by atoms with Crippen LogP contribution in [0.3, 0.4) is 0 Å². The first-order valence-electron chi connectivity index (χ1n) is 5.04. The van der Waals surface area contributed by atoms with E-state index >= 15 is 0 Å². The Labute approximate surface area is 93.2 Å². The molecule has 1 aromatic carbocycles. The van der Waals surface area contributed by atoms with Gasteiger partial charge in [-0.1, -0.05) is 11.6 Å². The fourth-order valence-corrected chi connectivity index (χ4v) is 2.21. The van der Waals surface area contributed by atoms with E-state index in [9.17, 15) is 4.39 Å². The molecule has 0 aliphatic carbocycles. The highest BCUT2D eigenvalue weighted by molar-refractivity contribution is 6.30. The van der Waals surface area contributed by atoms with Crippen molar-refractivity contribution in [2.45, 2.75) is 18.8 Å². The number of rotatable bonds is 2. The van der Waals surface area contributed by atoms with Crippen LogP contribution in [-0.4, -0.2) is 13.2 Å². The lowest BCUT2D eigenvalue weighted by Gasteiger charge is -2.26. The van der Waals surface area contributed by atoms with Crippen LogP contribution in [-0.2, 0) is 0 Å². The fraction of sp³-hybridized carbons (Fsp3) is 0.455. The highest BCUT2D eigenvalue weighted by Crippen LogP contribution is 2.38. The van der Waals surface area contributed by atoms with Gasteiger partial charge in [0.05, 0.1) is 6.61 Å². The van der Waals surface area contributed by atoms with Gasteiger partial charge >= 0.3 is 0 Å². The van der Waals surface area contributed by atoms with E-state index in [0.717, 1.165) is 18.4 Å². The minimum Gasteiger partial charge on any atom is -0.490 e. The van der Waals surface area contributed by atoms with E-state index in [1.54, 1.807) is 6.07 Å². The van der Waals surface area contributed by atoms with Crippen LogP contribution in [0.1, 0.15) is 24.3 Å². The van der Waals surface area contributed by atoms with E-state index in [1.807, 2.05) is 0 Å². The van der Waals surface area contributed by atoms with Crippen LogP contribution in [0.5, 0.6) is 5.75 Å². The van der Waals surface area contributed by atoms with E-state index in [-0.39, 0.29) is 11.7 Å². The smallest absolute Gasteiger partial charge is 0.166 e. The quantitative estimate of drug-likeness (QED) is 0.846. The Morgan fingerprint density at radius 3 is 3.07 bits per heavy atom. The molecule has 1 heterocycles. The Morgan fingerprint density at radius 1 is 1.53 bits per heavy atom. The van der Waals surface area contributed by atoms with Gasteiger partial charge in [0.15, 0.2) is 11.6 Å². The second kappa shape index (κ2) is 4.37. The minimum atomic E-state index is -0.376. The third-order valence-electron chi connectivity index (χ3n) is 2.70. The highest BCUT2D eigenvalue weighted by Gasteiger charge is 2.24. The van der Waals surface area contributed by atoms with Crippen molar-refractivity contribution in [3.05, 3.63) is 28.5 Å². The standard InChI is InChI=1S/C11H13ClFNO/c12-8-5-9-7(1-3-14)2-4-15-11(9)10(13)6-8/h5-7H,1-4,14H2. The molecule has 1 atom stereocenters. The number of fused-ring (bicyclic) bond motifs is 1. The van der Waals surface area contributed by atoms with Crippen molar-refractivity contribution in [3.8, 4) is 5.75 Å². The van der Waals surface area contributed by atoms with Crippen LogP contribution in [0.2, 0.25) is 5.02 Å². The van der Waals surface area contributed by atoms with E-state index < -0.39 is 0 Å². The van der Waals surface area contributed by atoms with E-state index in [1.165, 1.54) is 6.07 Å². The Bertz CT molecular complexity index is 370. The predicted octanol–water partition coefficient (Wildman–Crippen LogP) is 2.69. The molecule has 0 bridgehead atoms. The van der Waals surface area contributed by atoms with Gasteiger partial charge in [-0.3, -0.25) is 0 Å². The van der Waals surface area contributed by atoms with Crippen LogP contribution in [0, 0.1) is 5.82 Å². The summed E-state index contributed by atoms with van der Waals surface area (Å²) in [5.74, 6) is 0.246. The summed E-state index contributed by atoms with van der Waals surface area (Å²) in [5, 5.41) is 0.416. The second-order valence-corrected chi connectivity index (χ2v) is 4.15. The lowest BCUT2D eigenvalue weighted by molar-refractivity contribution is 0.251. The SMILES string of the molecule is NCCC1CCOc2c(F)cc(Cl)cc21. The van der Waals surface area contributed by atoms with E-state index in [4.69, 9.17) is 22.1 Å². The number of hydrogen-bond donors (Lipinski definition) is 1. The van der Waals surface area contributed by atoms with E-state index in [0.29, 0.717) is 23.9 Å². The monoisotopic (exact) mass is 229 g/mol. The maximum absolute atomic E-state index is 13.5. The van der Waals surface area contributed by atoms with Crippen molar-refractivity contribution in [2.75, 3.05) is 13.2 Å². The summed E-state index contributed by atoms with van der Waals surface area (Å²) in [7, 11) is 0. The van der Waals surface area contributed by atoms with Gasteiger partial charge in [-0.25, -0.2) is 4.39 Å². The number of hydrogen-bond acceptors (Lipinski definition) is 2. The van der Waals surface area contributed by atoms with Crippen molar-refractivity contribution < 1.29 is 9.13 Å². The molecule has 2 rings (SSSR count). The maximum Gasteiger partial charge on any atom is 0.166 e. The minimum absolute atomic E-state index is 0.270. The lowest BCUT2D eigenvalue weighted by Crippen LogP contribution is -2.18. The van der Waals surface area contributed by atoms with Crippen molar-refractivity contribution in [1.82, 2.24) is 0 Å². The van der Waals surface area contributed by atoms with E-state index in [2.05, 4.69) is 0 Å². The zero-order valence-corrected chi connectivity index (χ0v) is 9.06. The summed E-state index contributed by atoms with van der Waals surface area (Å²) in [6.45, 7) is 1.15. The van der Waals surface area contributed by atoms with Crippen LogP contribution in [0.15, 0.2) is 12.1 Å². The zero-order valence-electron chi connectivity index (χ0n) is 8.30. The molecule has 0 saturated heterocycles. The number of nitrogens with two attached hydrogens (primary N) is 1. The van der Waals surface area contributed by atoms with Crippen LogP contribution >= 0.6 is 11.6 Å². The van der Waals surface area contributed by atoms with Crippen LogP contribution < -0.4 is 10.5 Å². The molecule has 1 aromatic rings. The van der Waals surface area contributed by atoms with Gasteiger partial charge in [-0.2, -0.15) is 0 Å². The molecule has 0 spiro atoms. The molecule has 1 unspecified atom stereocenters. The maximum atomic E-state index is 13.5. The van der Waals surface area contributed by atoms with Gasteiger partial charge in [0, 0.05) is 10.6 Å². The second-order valence-electron chi connectivity index (χ2n) is 3.72. The van der Waals surface area contributed by atoms with Gasteiger partial charge in [0.25, 0.3) is 0 Å². The first-order valence-corrected chi connectivity index (χ1v) is 5.42. The highest BCUT2D eigenvalue weighted by atomic mass is 35.5. The molecule has 0 fully saturated rings. The normalized spacial score (nSPS) is 19.5. The Balaban J connectivity index is 2.41. The van der Waals surface area contributed by atoms with Crippen LogP contribution in [0.25, 0.3) is 0 Å². The molecule has 2 nitrogen and oxygen atoms in total. The average Bonchev–Trinajstić information content (AvgIpc) is 2.19. The lowest BCUT2D eigenvalue weighted by atomic mass is 9.90. The summed E-state index contributed by atoms with van der Waals surface area (Å²) < 4.78 is 18.8. The van der Waals surface area contributed by atoms with Gasteiger partial charge < -0.3 is 10.5 Å². The number of benzene rings is 1. The average molecular weight is 230 g/mol.